The van der Waals surface area contributed by atoms with E-state index in [1.54, 1.807) is 16.7 Å². The Kier molecular flexibility index (Phi) is 2.21. The quantitative estimate of drug-likeness (QED) is 0.757. The minimum Gasteiger partial charge on any atom is -0.395 e. The molecule has 0 saturated heterocycles. The van der Waals surface area contributed by atoms with E-state index in [0.717, 1.165) is 22.9 Å². The van der Waals surface area contributed by atoms with Crippen molar-refractivity contribution in [3.8, 4) is 0 Å². The number of anilines is 1. The van der Waals surface area contributed by atoms with Crippen LogP contribution in [0.2, 0.25) is 0 Å². The molecule has 1 heterocycles. The van der Waals surface area contributed by atoms with Gasteiger partial charge >= 0.3 is 0 Å². The Bertz CT molecular complexity index is 615. The maximum absolute atomic E-state index is 12.1. The summed E-state index contributed by atoms with van der Waals surface area (Å²) in [6, 6.07) is 4.23. The van der Waals surface area contributed by atoms with E-state index in [1.165, 1.54) is 24.0 Å². The normalized spacial score (nSPS) is 15.0. The van der Waals surface area contributed by atoms with Gasteiger partial charge in [0.1, 0.15) is 0 Å². The highest BCUT2D eigenvalue weighted by molar-refractivity contribution is 7.16. The SMILES string of the molecule is Nc1csc2ccc3c(c2c1=O)CCCC3. The summed E-state index contributed by atoms with van der Waals surface area (Å²) in [5, 5.41) is 2.63. The fraction of sp³-hybridized carbons (Fsp3) is 0.308. The Balaban J connectivity index is 2.46. The molecule has 0 amide bonds. The van der Waals surface area contributed by atoms with Crippen LogP contribution in [0.1, 0.15) is 24.0 Å². The van der Waals surface area contributed by atoms with Gasteiger partial charge < -0.3 is 5.73 Å². The highest BCUT2D eigenvalue weighted by Gasteiger charge is 2.15. The van der Waals surface area contributed by atoms with Crippen LogP contribution in [0.4, 0.5) is 5.69 Å². The van der Waals surface area contributed by atoms with Gasteiger partial charge in [-0.05, 0) is 42.9 Å². The predicted molar refractivity (Wildman–Crippen MR) is 69.1 cm³/mol. The number of aryl methyl sites for hydroxylation is 2. The molecule has 16 heavy (non-hydrogen) atoms. The van der Waals surface area contributed by atoms with Crippen molar-refractivity contribution >= 4 is 27.1 Å². The third-order valence-electron chi connectivity index (χ3n) is 3.30. The van der Waals surface area contributed by atoms with Crippen molar-refractivity contribution in [2.45, 2.75) is 25.7 Å². The fourth-order valence-electron chi connectivity index (χ4n) is 2.48. The largest absolute Gasteiger partial charge is 0.395 e. The van der Waals surface area contributed by atoms with Crippen LogP contribution in [0.5, 0.6) is 0 Å². The lowest BCUT2D eigenvalue weighted by Gasteiger charge is -2.17. The molecule has 1 aromatic carbocycles. The molecular weight excluding hydrogens is 218 g/mol. The second kappa shape index (κ2) is 3.59. The average molecular weight is 231 g/mol. The molecule has 0 spiro atoms. The van der Waals surface area contributed by atoms with Crippen molar-refractivity contribution in [1.29, 1.82) is 0 Å². The molecule has 82 valence electrons. The third kappa shape index (κ3) is 1.35. The van der Waals surface area contributed by atoms with Crippen molar-refractivity contribution in [1.82, 2.24) is 0 Å². The van der Waals surface area contributed by atoms with E-state index in [2.05, 4.69) is 12.1 Å². The lowest BCUT2D eigenvalue weighted by Crippen LogP contribution is -2.12. The summed E-state index contributed by atoms with van der Waals surface area (Å²) in [5.41, 5.74) is 8.71. The minimum absolute atomic E-state index is 0.0208. The minimum atomic E-state index is 0.0208. The molecule has 3 rings (SSSR count). The topological polar surface area (TPSA) is 43.1 Å². The van der Waals surface area contributed by atoms with Crippen molar-refractivity contribution < 1.29 is 0 Å². The number of hydrogen-bond acceptors (Lipinski definition) is 3. The molecule has 3 heteroatoms. The van der Waals surface area contributed by atoms with E-state index < -0.39 is 0 Å². The Morgan fingerprint density at radius 2 is 2.00 bits per heavy atom. The average Bonchev–Trinajstić information content (AvgIpc) is 2.33. The van der Waals surface area contributed by atoms with Crippen LogP contribution in [0.25, 0.3) is 10.1 Å². The first-order chi connectivity index (χ1) is 7.77. The van der Waals surface area contributed by atoms with Crippen molar-refractivity contribution in [2.24, 2.45) is 0 Å². The molecular formula is C13H13NOS. The Morgan fingerprint density at radius 3 is 2.88 bits per heavy atom. The summed E-state index contributed by atoms with van der Waals surface area (Å²) in [4.78, 5) is 12.1. The van der Waals surface area contributed by atoms with Gasteiger partial charge in [0.2, 0.25) is 5.43 Å². The molecule has 1 aliphatic rings. The Hall–Kier alpha value is -1.35. The summed E-state index contributed by atoms with van der Waals surface area (Å²) in [6.07, 6.45) is 4.55. The van der Waals surface area contributed by atoms with Gasteiger partial charge in [-0.25, -0.2) is 0 Å². The number of fused-ring (bicyclic) bond motifs is 3. The van der Waals surface area contributed by atoms with Crippen LogP contribution in [-0.2, 0) is 12.8 Å². The van der Waals surface area contributed by atoms with Gasteiger partial charge in [-0.1, -0.05) is 6.07 Å². The predicted octanol–water partition coefficient (Wildman–Crippen LogP) is 2.72. The molecule has 0 fully saturated rings. The molecule has 2 nitrogen and oxygen atoms in total. The summed E-state index contributed by atoms with van der Waals surface area (Å²) in [7, 11) is 0. The van der Waals surface area contributed by atoms with Gasteiger partial charge in [0.15, 0.2) is 0 Å². The highest BCUT2D eigenvalue weighted by Crippen LogP contribution is 2.29. The number of nitrogen functional groups attached to an aromatic ring is 1. The Morgan fingerprint density at radius 1 is 1.19 bits per heavy atom. The van der Waals surface area contributed by atoms with Crippen LogP contribution >= 0.6 is 11.3 Å². The number of rotatable bonds is 0. The first-order valence-corrected chi connectivity index (χ1v) is 6.47. The van der Waals surface area contributed by atoms with Gasteiger partial charge in [-0.3, -0.25) is 4.79 Å². The standard InChI is InChI=1S/C13H13NOS/c14-10-7-16-11-6-5-8-3-1-2-4-9(8)12(11)13(10)15/h5-7H,1-4,14H2. The number of hydrogen-bond donors (Lipinski definition) is 1. The van der Waals surface area contributed by atoms with Crippen molar-refractivity contribution in [2.75, 3.05) is 5.73 Å². The van der Waals surface area contributed by atoms with Crippen LogP contribution in [0.15, 0.2) is 22.3 Å². The van der Waals surface area contributed by atoms with Crippen molar-refractivity contribution in [3.63, 3.8) is 0 Å². The molecule has 0 bridgehead atoms. The second-order valence-corrected chi connectivity index (χ2v) is 5.21. The molecule has 2 aromatic rings. The summed E-state index contributed by atoms with van der Waals surface area (Å²) < 4.78 is 1.07. The zero-order valence-electron chi connectivity index (χ0n) is 8.95. The Labute approximate surface area is 97.7 Å². The highest BCUT2D eigenvalue weighted by atomic mass is 32.1. The fourth-order valence-corrected chi connectivity index (χ4v) is 3.32. The van der Waals surface area contributed by atoms with Gasteiger partial charge in [-0.2, -0.15) is 0 Å². The zero-order chi connectivity index (χ0) is 11.1. The first-order valence-electron chi connectivity index (χ1n) is 5.59. The molecule has 0 atom stereocenters. The van der Waals surface area contributed by atoms with E-state index in [9.17, 15) is 4.79 Å². The molecule has 0 saturated carbocycles. The second-order valence-electron chi connectivity index (χ2n) is 4.30. The van der Waals surface area contributed by atoms with Crippen molar-refractivity contribution in [3.05, 3.63) is 38.9 Å². The molecule has 1 aromatic heterocycles. The van der Waals surface area contributed by atoms with E-state index in [-0.39, 0.29) is 5.43 Å². The van der Waals surface area contributed by atoms with Crippen LogP contribution in [0, 0.1) is 0 Å². The van der Waals surface area contributed by atoms with E-state index in [1.807, 2.05) is 0 Å². The first kappa shape index (κ1) is 9.85. The summed E-state index contributed by atoms with van der Waals surface area (Å²) >= 11 is 1.57. The van der Waals surface area contributed by atoms with Gasteiger partial charge in [-0.15, -0.1) is 11.3 Å². The van der Waals surface area contributed by atoms with E-state index in [4.69, 9.17) is 5.73 Å². The monoisotopic (exact) mass is 231 g/mol. The maximum Gasteiger partial charge on any atom is 0.211 e. The molecule has 0 radical (unpaired) electrons. The van der Waals surface area contributed by atoms with Crippen LogP contribution in [-0.4, -0.2) is 0 Å². The molecule has 1 aliphatic carbocycles. The van der Waals surface area contributed by atoms with Crippen LogP contribution in [0.3, 0.4) is 0 Å². The molecule has 0 aliphatic heterocycles. The summed E-state index contributed by atoms with van der Waals surface area (Å²) in [5.74, 6) is 0. The van der Waals surface area contributed by atoms with Gasteiger partial charge in [0, 0.05) is 15.5 Å². The lowest BCUT2D eigenvalue weighted by molar-refractivity contribution is 0.690. The zero-order valence-corrected chi connectivity index (χ0v) is 9.77. The lowest BCUT2D eigenvalue weighted by atomic mass is 9.89. The number of nitrogens with two attached hydrogens (primary N) is 1. The van der Waals surface area contributed by atoms with Gasteiger partial charge in [0.05, 0.1) is 5.69 Å². The molecule has 0 unspecified atom stereocenters. The maximum atomic E-state index is 12.1. The third-order valence-corrected chi connectivity index (χ3v) is 4.26. The van der Waals surface area contributed by atoms with Gasteiger partial charge in [0.25, 0.3) is 0 Å². The summed E-state index contributed by atoms with van der Waals surface area (Å²) in [6.45, 7) is 0. The number of benzene rings is 1. The molecule has 2 N–H and O–H groups in total. The van der Waals surface area contributed by atoms with Crippen LogP contribution < -0.4 is 11.2 Å². The smallest absolute Gasteiger partial charge is 0.211 e. The van der Waals surface area contributed by atoms with E-state index >= 15 is 0 Å². The van der Waals surface area contributed by atoms with E-state index in [0.29, 0.717) is 5.69 Å².